The van der Waals surface area contributed by atoms with E-state index in [2.05, 4.69) is 74.5 Å². The van der Waals surface area contributed by atoms with Gasteiger partial charge in [0.25, 0.3) is 0 Å². The molecule has 0 heterocycles. The molecule has 0 atom stereocenters. The average Bonchev–Trinajstić information content (AvgIpc) is 2.51. The second-order valence-corrected chi connectivity index (χ2v) is 16.8. The van der Waals surface area contributed by atoms with Crippen LogP contribution in [-0.4, -0.2) is 50.6 Å². The molecule has 132 valence electrons. The van der Waals surface area contributed by atoms with Crippen molar-refractivity contribution in [3.63, 3.8) is 0 Å². The minimum absolute atomic E-state index is 0. The van der Waals surface area contributed by atoms with Crippen LogP contribution in [-0.2, 0) is 19.2 Å². The zero-order valence-corrected chi connectivity index (χ0v) is 24.5. The normalized spacial score (nSPS) is 3.70. The second kappa shape index (κ2) is 271. The van der Waals surface area contributed by atoms with E-state index in [1.165, 1.54) is 13.8 Å². The topological polar surface area (TPSA) is 109 Å². The van der Waals surface area contributed by atoms with Crippen molar-refractivity contribution in [1.29, 1.82) is 0 Å². The summed E-state index contributed by atoms with van der Waals surface area (Å²) in [5.74, 6) is 0. The molecule has 12 heteroatoms. The Morgan fingerprint density at radius 2 is 0.800 bits per heavy atom. The van der Waals surface area contributed by atoms with Gasteiger partial charge < -0.3 is 29.4 Å². The van der Waals surface area contributed by atoms with Crippen LogP contribution >= 0.6 is 98.4 Å². The van der Waals surface area contributed by atoms with Crippen LogP contribution in [0, 0.1) is 0 Å². The summed E-state index contributed by atoms with van der Waals surface area (Å²) < 4.78 is 0. The zero-order valence-electron chi connectivity index (χ0n) is 11.4. The maximum absolute atomic E-state index is 8.81. The third-order valence-corrected chi connectivity index (χ3v) is 0. The zero-order chi connectivity index (χ0) is 18.1. The van der Waals surface area contributed by atoms with Gasteiger partial charge in [0, 0.05) is 51.5 Å². The van der Waals surface area contributed by atoms with E-state index in [1.807, 2.05) is 13.6 Å². The van der Waals surface area contributed by atoms with E-state index in [0.717, 1.165) is 26.8 Å². The van der Waals surface area contributed by atoms with Crippen molar-refractivity contribution in [3.8, 4) is 0 Å². The second-order valence-electron chi connectivity index (χ2n) is 0.525. The van der Waals surface area contributed by atoms with Gasteiger partial charge in [0.05, 0.1) is 0 Å². The van der Waals surface area contributed by atoms with Crippen LogP contribution in [0.3, 0.4) is 0 Å². The third kappa shape index (κ3) is 943. The summed E-state index contributed by atoms with van der Waals surface area (Å²) >= 11 is 9.54. The van der Waals surface area contributed by atoms with Crippen LogP contribution in [0.2, 0.25) is 0 Å². The van der Waals surface area contributed by atoms with Crippen LogP contribution in [0.5, 0.6) is 0 Å². The summed E-state index contributed by atoms with van der Waals surface area (Å²) in [5, 5.41) is 14.0. The van der Waals surface area contributed by atoms with Crippen LogP contribution in [0.15, 0.2) is 0 Å². The van der Waals surface area contributed by atoms with Crippen molar-refractivity contribution in [2.24, 2.45) is 0 Å². The van der Waals surface area contributed by atoms with Crippen LogP contribution in [0.4, 0.5) is 0 Å². The van der Waals surface area contributed by atoms with Gasteiger partial charge in [0.1, 0.15) is 26.2 Å². The van der Waals surface area contributed by atoms with E-state index >= 15 is 0 Å². The number of aliphatic hydroxyl groups is 2. The molecular formula is C8H21I6O6-. The number of hydrogen-bond donors (Lipinski definition) is 2. The summed E-state index contributed by atoms with van der Waals surface area (Å²) in [5.41, 5.74) is 0. The van der Waals surface area contributed by atoms with E-state index in [0.29, 0.717) is 13.3 Å². The molecule has 0 saturated carbocycles. The molecule has 0 rings (SSSR count). The fourth-order valence-corrected chi connectivity index (χ4v) is 0. The molecule has 0 amide bonds. The van der Waals surface area contributed by atoms with E-state index in [-0.39, 0.29) is 24.0 Å². The van der Waals surface area contributed by atoms with Gasteiger partial charge in [-0.3, -0.25) is 0 Å². The number of carbonyl (C=O) groups is 4. The Morgan fingerprint density at radius 3 is 0.800 bits per heavy atom. The van der Waals surface area contributed by atoms with Gasteiger partial charge in [0.2, 0.25) is 0 Å². The molecule has 0 fully saturated rings. The molecular weight excluding hydrogens is 954 g/mol. The van der Waals surface area contributed by atoms with E-state index in [1.54, 1.807) is 0 Å². The van der Waals surface area contributed by atoms with Crippen molar-refractivity contribution in [2.45, 2.75) is 13.8 Å². The summed E-state index contributed by atoms with van der Waals surface area (Å²) in [6, 6.07) is 0. The Morgan fingerprint density at radius 1 is 0.800 bits per heavy atom. The van der Waals surface area contributed by atoms with E-state index in [9.17, 15) is 0 Å². The number of carbonyl (C=O) groups excluding carboxylic acids is 4. The van der Waals surface area contributed by atoms with Crippen molar-refractivity contribution >= 4 is 125 Å². The number of halogens is 6. The van der Waals surface area contributed by atoms with Gasteiger partial charge in [-0.1, -0.05) is 0 Å². The number of aliphatic hydroxyl groups excluding tert-OH is 2. The van der Waals surface area contributed by atoms with Crippen molar-refractivity contribution in [3.05, 3.63) is 0 Å². The summed E-state index contributed by atoms with van der Waals surface area (Å²) in [6.45, 7) is 6.89. The summed E-state index contributed by atoms with van der Waals surface area (Å²) in [6.07, 6.45) is 1.50. The molecule has 0 aliphatic rings. The SMILES string of the molecule is C=O.C=O.CC=O.CC=O.CO.CO.I.II.I[I-]I. The van der Waals surface area contributed by atoms with Crippen LogP contribution in [0.1, 0.15) is 13.8 Å². The van der Waals surface area contributed by atoms with Gasteiger partial charge in [-0.2, -0.15) is 0 Å². The molecule has 0 saturated heterocycles. The van der Waals surface area contributed by atoms with Gasteiger partial charge in [-0.05, 0) is 13.8 Å². The average molecular weight is 975 g/mol. The van der Waals surface area contributed by atoms with Crippen molar-refractivity contribution in [2.75, 3.05) is 14.2 Å². The molecule has 0 aliphatic heterocycles. The first-order chi connectivity index (χ1) is 9.24. The molecule has 0 aliphatic carbocycles. The molecule has 2 N–H and O–H groups in total. The first-order valence-electron chi connectivity index (χ1n) is 3.53. The molecule has 0 unspecified atom stereocenters. The van der Waals surface area contributed by atoms with Crippen molar-refractivity contribution < 1.29 is 42.6 Å². The fraction of sp³-hybridized carbons (Fsp3) is 0.500. The Kier molecular flexibility index (Phi) is 768. The molecule has 0 aromatic carbocycles. The third-order valence-electron chi connectivity index (χ3n) is 0. The molecule has 0 aromatic heterocycles. The number of aldehydes is 2. The summed E-state index contributed by atoms with van der Waals surface area (Å²) in [4.78, 5) is 33.6. The van der Waals surface area contributed by atoms with Crippen molar-refractivity contribution in [1.82, 2.24) is 0 Å². The van der Waals surface area contributed by atoms with E-state index < -0.39 is 0 Å². The van der Waals surface area contributed by atoms with E-state index in [4.69, 9.17) is 29.4 Å². The maximum atomic E-state index is 8.81. The minimum atomic E-state index is 0. The van der Waals surface area contributed by atoms with Crippen LogP contribution in [0.25, 0.3) is 0 Å². The molecule has 0 bridgehead atoms. The fourth-order valence-electron chi connectivity index (χ4n) is 0. The van der Waals surface area contributed by atoms with Gasteiger partial charge >= 0.3 is 50.5 Å². The number of hydrogen-bond acceptors (Lipinski definition) is 6. The quantitative estimate of drug-likeness (QED) is 0.270. The summed E-state index contributed by atoms with van der Waals surface area (Å²) in [7, 11) is 2.00. The van der Waals surface area contributed by atoms with Gasteiger partial charge in [0.15, 0.2) is 0 Å². The Balaban J connectivity index is -0.00000000991. The molecule has 20 heavy (non-hydrogen) atoms. The van der Waals surface area contributed by atoms with Crippen LogP contribution < -0.4 is 13.3 Å². The monoisotopic (exact) mass is 975 g/mol. The predicted molar refractivity (Wildman–Crippen MR) is 125 cm³/mol. The Hall–Kier alpha value is 2.98. The number of rotatable bonds is 0. The molecule has 0 spiro atoms. The standard InChI is InChI=1S/2C2H4O.2CH4O.2CH2O.I3.I2.HI/c2*1-2-3;4*1-2;1-3-2;1-2;/h2*2H,1H3;2*2H,1H3;2*1H2;;;1H/q;;;;;;-1;;. The molecule has 6 nitrogen and oxygen atoms in total. The van der Waals surface area contributed by atoms with Gasteiger partial charge in [-0.25, -0.2) is 0 Å². The first kappa shape index (κ1) is 56.8. The van der Waals surface area contributed by atoms with Gasteiger partial charge in [-0.15, -0.1) is 24.0 Å². The molecule has 0 radical (unpaired) electrons. The predicted octanol–water partition coefficient (Wildman–Crippen LogP) is 0.422. The Bertz CT molecular complexity index is 76.5. The first-order valence-corrected chi connectivity index (χ1v) is 22.4. The Labute approximate surface area is 191 Å². The molecule has 0 aromatic rings.